The minimum Gasteiger partial charge on any atom is -0.497 e. The third-order valence-electron chi connectivity index (χ3n) is 4.13. The summed E-state index contributed by atoms with van der Waals surface area (Å²) < 4.78 is 10.5. The molecule has 0 atom stereocenters. The quantitative estimate of drug-likeness (QED) is 0.908. The average molecular weight is 340 g/mol. The average Bonchev–Trinajstić information content (AvgIpc) is 3.07. The van der Waals surface area contributed by atoms with Crippen molar-refractivity contribution in [3.05, 3.63) is 48.0 Å². The largest absolute Gasteiger partial charge is 0.497 e. The van der Waals surface area contributed by atoms with Crippen LogP contribution >= 0.6 is 0 Å². The van der Waals surface area contributed by atoms with E-state index in [1.807, 2.05) is 0 Å². The summed E-state index contributed by atoms with van der Waals surface area (Å²) >= 11 is 0. The molecule has 0 radical (unpaired) electrons. The van der Waals surface area contributed by atoms with Crippen molar-refractivity contribution in [1.29, 1.82) is 0 Å². The van der Waals surface area contributed by atoms with E-state index >= 15 is 0 Å². The Morgan fingerprint density at radius 3 is 2.64 bits per heavy atom. The molecule has 6 nitrogen and oxygen atoms in total. The molecule has 1 aliphatic heterocycles. The van der Waals surface area contributed by atoms with E-state index in [1.165, 1.54) is 0 Å². The monoisotopic (exact) mass is 340 g/mol. The Balaban J connectivity index is 1.81. The Hall–Kier alpha value is -3.02. The van der Waals surface area contributed by atoms with E-state index in [1.54, 1.807) is 61.6 Å². The molecule has 1 N–H and O–H groups in total. The predicted octanol–water partition coefficient (Wildman–Crippen LogP) is 3.08. The second-order valence-electron chi connectivity index (χ2n) is 5.72. The van der Waals surface area contributed by atoms with E-state index in [9.17, 15) is 9.59 Å². The van der Waals surface area contributed by atoms with E-state index in [-0.39, 0.29) is 11.8 Å². The molecule has 0 bridgehead atoms. The lowest BCUT2D eigenvalue weighted by Gasteiger charge is -2.19. The molecule has 1 fully saturated rings. The molecule has 0 spiro atoms. The third-order valence-corrected chi connectivity index (χ3v) is 4.13. The van der Waals surface area contributed by atoms with Gasteiger partial charge in [-0.05, 0) is 36.8 Å². The van der Waals surface area contributed by atoms with E-state index < -0.39 is 0 Å². The minimum absolute atomic E-state index is 0.0893. The van der Waals surface area contributed by atoms with Gasteiger partial charge in [-0.3, -0.25) is 9.59 Å². The molecular formula is C19H20N2O4. The van der Waals surface area contributed by atoms with Crippen molar-refractivity contribution >= 4 is 23.2 Å². The summed E-state index contributed by atoms with van der Waals surface area (Å²) in [6, 6.07) is 12.2. The van der Waals surface area contributed by atoms with Crippen molar-refractivity contribution < 1.29 is 19.1 Å². The highest BCUT2D eigenvalue weighted by Crippen LogP contribution is 2.34. The third kappa shape index (κ3) is 3.57. The summed E-state index contributed by atoms with van der Waals surface area (Å²) in [4.78, 5) is 26.1. The SMILES string of the molecule is COc1cccc(C(=O)Nc2ccc(N3CCCC3=O)c(OC)c2)c1. The lowest BCUT2D eigenvalue weighted by Crippen LogP contribution is -2.24. The second-order valence-corrected chi connectivity index (χ2v) is 5.72. The van der Waals surface area contributed by atoms with Gasteiger partial charge in [0.15, 0.2) is 0 Å². The van der Waals surface area contributed by atoms with E-state index in [0.717, 1.165) is 12.1 Å². The van der Waals surface area contributed by atoms with Gasteiger partial charge in [-0.1, -0.05) is 6.07 Å². The van der Waals surface area contributed by atoms with E-state index in [4.69, 9.17) is 9.47 Å². The van der Waals surface area contributed by atoms with Gasteiger partial charge in [0.2, 0.25) is 5.91 Å². The maximum Gasteiger partial charge on any atom is 0.255 e. The molecule has 3 rings (SSSR count). The molecule has 1 aliphatic rings. The van der Waals surface area contributed by atoms with Crippen molar-refractivity contribution in [2.75, 3.05) is 31.0 Å². The molecule has 2 aromatic rings. The fourth-order valence-corrected chi connectivity index (χ4v) is 2.85. The first kappa shape index (κ1) is 16.8. The van der Waals surface area contributed by atoms with Crippen molar-refractivity contribution in [3.63, 3.8) is 0 Å². The number of nitrogens with one attached hydrogen (secondary N) is 1. The van der Waals surface area contributed by atoms with Crippen LogP contribution in [0.1, 0.15) is 23.2 Å². The molecule has 130 valence electrons. The van der Waals surface area contributed by atoms with Gasteiger partial charge in [-0.15, -0.1) is 0 Å². The van der Waals surface area contributed by atoms with Gasteiger partial charge >= 0.3 is 0 Å². The molecule has 0 aliphatic carbocycles. The Morgan fingerprint density at radius 2 is 1.96 bits per heavy atom. The lowest BCUT2D eigenvalue weighted by molar-refractivity contribution is -0.117. The topological polar surface area (TPSA) is 67.9 Å². The Bertz CT molecular complexity index is 804. The van der Waals surface area contributed by atoms with Crippen molar-refractivity contribution in [2.24, 2.45) is 0 Å². The van der Waals surface area contributed by atoms with E-state index in [0.29, 0.717) is 35.7 Å². The van der Waals surface area contributed by atoms with Gasteiger partial charge < -0.3 is 19.7 Å². The molecule has 0 saturated carbocycles. The fourth-order valence-electron chi connectivity index (χ4n) is 2.85. The normalized spacial score (nSPS) is 13.7. The summed E-state index contributed by atoms with van der Waals surface area (Å²) in [5, 5.41) is 2.84. The number of hydrogen-bond acceptors (Lipinski definition) is 4. The standard InChI is InChI=1S/C19H20N2O4/c1-24-15-6-3-5-13(11-15)19(23)20-14-8-9-16(17(12-14)25-2)21-10-4-7-18(21)22/h3,5-6,8-9,11-12H,4,7,10H2,1-2H3,(H,20,23). The zero-order chi connectivity index (χ0) is 17.8. The number of methoxy groups -OCH3 is 2. The first-order valence-electron chi connectivity index (χ1n) is 8.06. The van der Waals surface area contributed by atoms with Crippen molar-refractivity contribution in [2.45, 2.75) is 12.8 Å². The molecule has 0 aromatic heterocycles. The highest BCUT2D eigenvalue weighted by atomic mass is 16.5. The van der Waals surface area contributed by atoms with Crippen LogP contribution in [0.15, 0.2) is 42.5 Å². The number of amides is 2. The molecule has 2 amide bonds. The van der Waals surface area contributed by atoms with Crippen LogP contribution in [0.4, 0.5) is 11.4 Å². The van der Waals surface area contributed by atoms with Gasteiger partial charge in [0.05, 0.1) is 19.9 Å². The fraction of sp³-hybridized carbons (Fsp3) is 0.263. The molecular weight excluding hydrogens is 320 g/mol. The van der Waals surface area contributed by atoms with Gasteiger partial charge in [-0.2, -0.15) is 0 Å². The first-order valence-corrected chi connectivity index (χ1v) is 8.06. The van der Waals surface area contributed by atoms with Crippen molar-refractivity contribution in [1.82, 2.24) is 0 Å². The zero-order valence-electron chi connectivity index (χ0n) is 14.2. The summed E-state index contributed by atoms with van der Waals surface area (Å²) in [5.41, 5.74) is 1.82. The first-order chi connectivity index (χ1) is 12.1. The van der Waals surface area contributed by atoms with E-state index in [2.05, 4.69) is 5.32 Å². The van der Waals surface area contributed by atoms with Crippen LogP contribution in [0.5, 0.6) is 11.5 Å². The molecule has 25 heavy (non-hydrogen) atoms. The number of anilines is 2. The van der Waals surface area contributed by atoms with Crippen LogP contribution in [-0.4, -0.2) is 32.6 Å². The predicted molar refractivity (Wildman–Crippen MR) is 95.5 cm³/mol. The zero-order valence-corrected chi connectivity index (χ0v) is 14.2. The molecule has 0 unspecified atom stereocenters. The maximum absolute atomic E-state index is 12.4. The summed E-state index contributed by atoms with van der Waals surface area (Å²) in [6.45, 7) is 0.685. The maximum atomic E-state index is 12.4. The van der Waals surface area contributed by atoms with Crippen LogP contribution < -0.4 is 19.7 Å². The van der Waals surface area contributed by atoms with Crippen LogP contribution in [-0.2, 0) is 4.79 Å². The number of hydrogen-bond donors (Lipinski definition) is 1. The molecule has 1 heterocycles. The number of carbonyl (C=O) groups is 2. The molecule has 1 saturated heterocycles. The summed E-state index contributed by atoms with van der Waals surface area (Å²) in [6.07, 6.45) is 1.40. The van der Waals surface area contributed by atoms with Gasteiger partial charge in [-0.25, -0.2) is 0 Å². The molecule has 2 aromatic carbocycles. The number of rotatable bonds is 5. The number of carbonyl (C=O) groups excluding carboxylic acids is 2. The van der Waals surface area contributed by atoms with Gasteiger partial charge in [0.25, 0.3) is 5.91 Å². The highest BCUT2D eigenvalue weighted by Gasteiger charge is 2.24. The molecule has 6 heteroatoms. The van der Waals surface area contributed by atoms with Gasteiger partial charge in [0.1, 0.15) is 11.5 Å². The second kappa shape index (κ2) is 7.25. The van der Waals surface area contributed by atoms with Crippen LogP contribution in [0.25, 0.3) is 0 Å². The van der Waals surface area contributed by atoms with Crippen LogP contribution in [0.2, 0.25) is 0 Å². The van der Waals surface area contributed by atoms with Crippen LogP contribution in [0.3, 0.4) is 0 Å². The highest BCUT2D eigenvalue weighted by molar-refractivity contribution is 6.05. The Morgan fingerprint density at radius 1 is 1.12 bits per heavy atom. The van der Waals surface area contributed by atoms with Gasteiger partial charge in [0, 0.05) is 30.3 Å². The lowest BCUT2D eigenvalue weighted by atomic mass is 10.2. The number of nitrogens with zero attached hydrogens (tertiary/aromatic N) is 1. The summed E-state index contributed by atoms with van der Waals surface area (Å²) in [5.74, 6) is 1.02. The van der Waals surface area contributed by atoms with Crippen molar-refractivity contribution in [3.8, 4) is 11.5 Å². The Kier molecular flexibility index (Phi) is 4.88. The number of benzene rings is 2. The smallest absolute Gasteiger partial charge is 0.255 e. The van der Waals surface area contributed by atoms with Crippen LogP contribution in [0, 0.1) is 0 Å². The Labute approximate surface area is 146 Å². The number of ether oxygens (including phenoxy) is 2. The summed E-state index contributed by atoms with van der Waals surface area (Å²) in [7, 11) is 3.10. The minimum atomic E-state index is -0.244.